The number of nitrogens with zero attached hydrogens (tertiary/aromatic N) is 2. The lowest BCUT2D eigenvalue weighted by atomic mass is 9.93. The van der Waals surface area contributed by atoms with E-state index in [1.165, 1.54) is 5.56 Å². The molecule has 0 bridgehead atoms. The third kappa shape index (κ3) is 2.43. The molecule has 1 fully saturated rings. The fraction of sp³-hybridized carbons (Fsp3) is 0.625. The summed E-state index contributed by atoms with van der Waals surface area (Å²) in [6.07, 6.45) is -0.444. The van der Waals surface area contributed by atoms with Gasteiger partial charge in [0.25, 0.3) is 0 Å². The number of piperazine rings is 1. The fourth-order valence-corrected chi connectivity index (χ4v) is 3.33. The first kappa shape index (κ1) is 13.9. The first-order chi connectivity index (χ1) is 9.56. The Balaban J connectivity index is 1.83. The van der Waals surface area contributed by atoms with Gasteiger partial charge in [0.15, 0.2) is 0 Å². The van der Waals surface area contributed by atoms with Gasteiger partial charge in [0.05, 0.1) is 6.04 Å². The second-order valence-electron chi connectivity index (χ2n) is 6.16. The predicted molar refractivity (Wildman–Crippen MR) is 79.2 cm³/mol. The van der Waals surface area contributed by atoms with Crippen LogP contribution in [0.5, 0.6) is 5.75 Å². The summed E-state index contributed by atoms with van der Waals surface area (Å²) in [5.74, 6) is 0.883. The number of hydrogen-bond donors (Lipinski definition) is 1. The SMILES string of the molecule is Cc1cc(C)c2c(c1)C(O)C(N1CCN(C)CC1)CO2. The molecule has 20 heavy (non-hydrogen) atoms. The Morgan fingerprint density at radius 1 is 1.15 bits per heavy atom. The van der Waals surface area contributed by atoms with Crippen LogP contribution in [0.4, 0.5) is 0 Å². The van der Waals surface area contributed by atoms with Gasteiger partial charge >= 0.3 is 0 Å². The molecule has 3 rings (SSSR count). The number of hydrogen-bond acceptors (Lipinski definition) is 4. The number of rotatable bonds is 1. The van der Waals surface area contributed by atoms with Crippen molar-refractivity contribution < 1.29 is 9.84 Å². The number of aliphatic hydroxyl groups is 1. The monoisotopic (exact) mass is 276 g/mol. The van der Waals surface area contributed by atoms with Gasteiger partial charge in [-0.3, -0.25) is 4.90 Å². The maximum absolute atomic E-state index is 10.8. The lowest BCUT2D eigenvalue weighted by molar-refractivity contribution is -0.0143. The molecule has 2 atom stereocenters. The molecule has 1 saturated heterocycles. The summed E-state index contributed by atoms with van der Waals surface area (Å²) in [5, 5.41) is 10.8. The zero-order chi connectivity index (χ0) is 14.3. The number of ether oxygens (including phenoxy) is 1. The summed E-state index contributed by atoms with van der Waals surface area (Å²) >= 11 is 0. The van der Waals surface area contributed by atoms with E-state index in [4.69, 9.17) is 4.74 Å². The number of aryl methyl sites for hydroxylation is 2. The van der Waals surface area contributed by atoms with Crippen molar-refractivity contribution in [2.75, 3.05) is 39.8 Å². The quantitative estimate of drug-likeness (QED) is 0.840. The van der Waals surface area contributed by atoms with Crippen molar-refractivity contribution >= 4 is 0 Å². The van der Waals surface area contributed by atoms with Crippen LogP contribution in [0.1, 0.15) is 22.8 Å². The van der Waals surface area contributed by atoms with Crippen molar-refractivity contribution in [1.82, 2.24) is 9.80 Å². The van der Waals surface area contributed by atoms with Gasteiger partial charge in [-0.05, 0) is 32.5 Å². The topological polar surface area (TPSA) is 35.9 Å². The molecule has 2 aliphatic rings. The Labute approximate surface area is 120 Å². The lowest BCUT2D eigenvalue weighted by Crippen LogP contribution is -2.53. The minimum Gasteiger partial charge on any atom is -0.491 e. The summed E-state index contributed by atoms with van der Waals surface area (Å²) in [6, 6.07) is 4.26. The third-order valence-corrected chi connectivity index (χ3v) is 4.54. The molecular weight excluding hydrogens is 252 g/mol. The van der Waals surface area contributed by atoms with Crippen LogP contribution in [0.3, 0.4) is 0 Å². The van der Waals surface area contributed by atoms with Crippen molar-refractivity contribution in [3.63, 3.8) is 0 Å². The van der Waals surface area contributed by atoms with Crippen LogP contribution >= 0.6 is 0 Å². The maximum atomic E-state index is 10.8. The molecule has 1 N–H and O–H groups in total. The van der Waals surface area contributed by atoms with Crippen molar-refractivity contribution in [3.8, 4) is 5.75 Å². The van der Waals surface area contributed by atoms with Gasteiger partial charge < -0.3 is 14.7 Å². The van der Waals surface area contributed by atoms with Crippen molar-refractivity contribution in [3.05, 3.63) is 28.8 Å². The summed E-state index contributed by atoms with van der Waals surface area (Å²) in [4.78, 5) is 4.69. The van der Waals surface area contributed by atoms with Gasteiger partial charge in [-0.25, -0.2) is 0 Å². The lowest BCUT2D eigenvalue weighted by Gasteiger charge is -2.42. The molecule has 2 aliphatic heterocycles. The molecule has 2 unspecified atom stereocenters. The van der Waals surface area contributed by atoms with E-state index in [9.17, 15) is 5.11 Å². The summed E-state index contributed by atoms with van der Waals surface area (Å²) in [6.45, 7) is 8.82. The first-order valence-electron chi connectivity index (χ1n) is 7.41. The Bertz CT molecular complexity index is 495. The highest BCUT2D eigenvalue weighted by atomic mass is 16.5. The van der Waals surface area contributed by atoms with E-state index in [0.29, 0.717) is 6.61 Å². The Morgan fingerprint density at radius 3 is 2.55 bits per heavy atom. The first-order valence-corrected chi connectivity index (χ1v) is 7.41. The molecule has 0 aromatic heterocycles. The number of likely N-dealkylation sites (N-methyl/N-ethyl adjacent to an activating group) is 1. The van der Waals surface area contributed by atoms with E-state index in [0.717, 1.165) is 43.1 Å². The molecule has 0 aliphatic carbocycles. The molecule has 4 nitrogen and oxygen atoms in total. The van der Waals surface area contributed by atoms with E-state index in [1.54, 1.807) is 0 Å². The minimum absolute atomic E-state index is 0.0809. The molecule has 0 radical (unpaired) electrons. The average molecular weight is 276 g/mol. The van der Waals surface area contributed by atoms with Gasteiger partial charge in [-0.15, -0.1) is 0 Å². The van der Waals surface area contributed by atoms with Crippen molar-refractivity contribution in [2.24, 2.45) is 0 Å². The molecule has 2 heterocycles. The van der Waals surface area contributed by atoms with E-state index in [1.807, 2.05) is 0 Å². The summed E-state index contributed by atoms with van der Waals surface area (Å²) in [5.41, 5.74) is 3.26. The smallest absolute Gasteiger partial charge is 0.128 e. The molecule has 1 aromatic carbocycles. The van der Waals surface area contributed by atoms with Gasteiger partial charge in [0.1, 0.15) is 18.5 Å². The highest BCUT2D eigenvalue weighted by Gasteiger charge is 2.35. The molecule has 4 heteroatoms. The van der Waals surface area contributed by atoms with Crippen LogP contribution in [0.15, 0.2) is 12.1 Å². The molecule has 1 aromatic rings. The minimum atomic E-state index is -0.444. The molecule has 0 saturated carbocycles. The van der Waals surface area contributed by atoms with Gasteiger partial charge in [0.2, 0.25) is 0 Å². The largest absolute Gasteiger partial charge is 0.491 e. The van der Waals surface area contributed by atoms with Gasteiger partial charge in [-0.2, -0.15) is 0 Å². The van der Waals surface area contributed by atoms with Crippen LogP contribution in [0, 0.1) is 13.8 Å². The predicted octanol–water partition coefficient (Wildman–Crippen LogP) is 1.35. The number of aliphatic hydroxyl groups excluding tert-OH is 1. The van der Waals surface area contributed by atoms with Crippen LogP contribution in [-0.2, 0) is 0 Å². The molecule has 0 spiro atoms. The average Bonchev–Trinajstić information content (AvgIpc) is 2.41. The van der Waals surface area contributed by atoms with E-state index >= 15 is 0 Å². The zero-order valence-corrected chi connectivity index (χ0v) is 12.6. The Morgan fingerprint density at radius 2 is 1.85 bits per heavy atom. The van der Waals surface area contributed by atoms with Crippen LogP contribution in [0.25, 0.3) is 0 Å². The van der Waals surface area contributed by atoms with Gasteiger partial charge in [-0.1, -0.05) is 11.6 Å². The number of fused-ring (bicyclic) bond motifs is 1. The fourth-order valence-electron chi connectivity index (χ4n) is 3.33. The van der Waals surface area contributed by atoms with Crippen LogP contribution in [-0.4, -0.2) is 60.8 Å². The maximum Gasteiger partial charge on any atom is 0.128 e. The standard InChI is InChI=1S/C16H24N2O2/c1-11-8-12(2)16-13(9-11)15(19)14(10-20-16)18-6-4-17(3)5-7-18/h8-9,14-15,19H,4-7,10H2,1-3H3. The third-order valence-electron chi connectivity index (χ3n) is 4.54. The van der Waals surface area contributed by atoms with Crippen molar-refractivity contribution in [1.29, 1.82) is 0 Å². The number of benzene rings is 1. The molecule has 110 valence electrons. The summed E-state index contributed by atoms with van der Waals surface area (Å²) in [7, 11) is 2.15. The summed E-state index contributed by atoms with van der Waals surface area (Å²) < 4.78 is 5.96. The second kappa shape index (κ2) is 5.35. The second-order valence-corrected chi connectivity index (χ2v) is 6.16. The Kier molecular flexibility index (Phi) is 3.71. The van der Waals surface area contributed by atoms with E-state index < -0.39 is 6.10 Å². The zero-order valence-electron chi connectivity index (χ0n) is 12.6. The van der Waals surface area contributed by atoms with Crippen LogP contribution in [0.2, 0.25) is 0 Å². The molecular formula is C16H24N2O2. The normalized spacial score (nSPS) is 28.0. The van der Waals surface area contributed by atoms with Crippen LogP contribution < -0.4 is 4.74 Å². The van der Waals surface area contributed by atoms with Crippen molar-refractivity contribution in [2.45, 2.75) is 26.0 Å². The highest BCUT2D eigenvalue weighted by Crippen LogP contribution is 2.37. The van der Waals surface area contributed by atoms with E-state index in [-0.39, 0.29) is 6.04 Å². The molecule has 0 amide bonds. The highest BCUT2D eigenvalue weighted by molar-refractivity contribution is 5.46. The Hall–Kier alpha value is -1.10. The van der Waals surface area contributed by atoms with Gasteiger partial charge in [0, 0.05) is 31.7 Å². The van der Waals surface area contributed by atoms with E-state index in [2.05, 4.69) is 42.8 Å².